The second kappa shape index (κ2) is 12.1. The van der Waals surface area contributed by atoms with Crippen LogP contribution in [0.15, 0.2) is 55.6 Å². The Labute approximate surface area is 230 Å². The van der Waals surface area contributed by atoms with Crippen LogP contribution < -0.4 is 0 Å². The van der Waals surface area contributed by atoms with Crippen molar-refractivity contribution in [1.29, 1.82) is 0 Å². The van der Waals surface area contributed by atoms with Gasteiger partial charge in [0.05, 0.1) is 35.8 Å². The first kappa shape index (κ1) is 28.4. The van der Waals surface area contributed by atoms with Gasteiger partial charge in [-0.2, -0.15) is 0 Å². The van der Waals surface area contributed by atoms with Crippen molar-refractivity contribution in [2.45, 2.75) is 74.1 Å². The van der Waals surface area contributed by atoms with Gasteiger partial charge < -0.3 is 19.6 Å². The number of hydrogen-bond donors (Lipinski definition) is 1. The van der Waals surface area contributed by atoms with Crippen LogP contribution in [0.1, 0.15) is 57.6 Å². The first-order valence-electron chi connectivity index (χ1n) is 13.7. The molecule has 1 aromatic rings. The lowest BCUT2D eigenvalue weighted by Crippen LogP contribution is -2.57. The van der Waals surface area contributed by atoms with Gasteiger partial charge in [-0.3, -0.25) is 14.4 Å². The van der Waals surface area contributed by atoms with E-state index in [9.17, 15) is 19.5 Å². The molecule has 38 heavy (non-hydrogen) atoms. The molecule has 3 aliphatic heterocycles. The number of likely N-dealkylation sites (tertiary alicyclic amines) is 1. The minimum Gasteiger partial charge on any atom is -0.465 e. The molecule has 0 saturated carbocycles. The van der Waals surface area contributed by atoms with Crippen molar-refractivity contribution < 1.29 is 24.2 Å². The Morgan fingerprint density at radius 3 is 2.66 bits per heavy atom. The van der Waals surface area contributed by atoms with Crippen molar-refractivity contribution in [1.82, 2.24) is 9.80 Å². The molecule has 1 N–H and O–H groups in total. The Balaban J connectivity index is 1.79. The van der Waals surface area contributed by atoms with Crippen LogP contribution >= 0.6 is 11.8 Å². The molecule has 3 unspecified atom stereocenters. The fourth-order valence-corrected chi connectivity index (χ4v) is 8.89. The average Bonchev–Trinajstić information content (AvgIpc) is 3.56. The summed E-state index contributed by atoms with van der Waals surface area (Å²) in [5, 5.41) is 10.5. The smallest absolute Gasteiger partial charge is 0.310 e. The minimum absolute atomic E-state index is 0.0366. The van der Waals surface area contributed by atoms with Crippen LogP contribution in [0, 0.1) is 11.8 Å². The number of rotatable bonds is 13. The van der Waals surface area contributed by atoms with Gasteiger partial charge in [0.15, 0.2) is 0 Å². The van der Waals surface area contributed by atoms with Gasteiger partial charge in [-0.15, -0.1) is 24.9 Å². The molecule has 3 saturated heterocycles. The number of aliphatic hydroxyl groups excluding tert-OH is 1. The van der Waals surface area contributed by atoms with Crippen molar-refractivity contribution in [2.75, 3.05) is 19.8 Å². The molecule has 1 aromatic carbocycles. The van der Waals surface area contributed by atoms with Gasteiger partial charge in [0, 0.05) is 17.8 Å². The molecule has 7 nitrogen and oxygen atoms in total. The maximum absolute atomic E-state index is 14.5. The van der Waals surface area contributed by atoms with Gasteiger partial charge in [0.25, 0.3) is 0 Å². The Kier molecular flexibility index (Phi) is 9.04. The molecule has 3 fully saturated rings. The Morgan fingerprint density at radius 2 is 2.03 bits per heavy atom. The number of ether oxygens (including phenoxy) is 1. The second-order valence-corrected chi connectivity index (χ2v) is 12.2. The summed E-state index contributed by atoms with van der Waals surface area (Å²) in [6.45, 7) is 11.9. The summed E-state index contributed by atoms with van der Waals surface area (Å²) >= 11 is 1.61. The van der Waals surface area contributed by atoms with E-state index in [-0.39, 0.29) is 42.3 Å². The lowest BCUT2D eigenvalue weighted by Gasteiger charge is -2.41. The zero-order valence-corrected chi connectivity index (χ0v) is 23.3. The third-order valence-electron chi connectivity index (χ3n) is 8.35. The van der Waals surface area contributed by atoms with Crippen LogP contribution in [0.2, 0.25) is 0 Å². The second-order valence-electron chi connectivity index (χ2n) is 10.6. The average molecular weight is 541 g/mol. The summed E-state index contributed by atoms with van der Waals surface area (Å²) in [4.78, 5) is 45.6. The quantitative estimate of drug-likeness (QED) is 0.230. The third-order valence-corrected chi connectivity index (χ3v) is 10.3. The maximum Gasteiger partial charge on any atom is 0.310 e. The molecule has 2 amide bonds. The van der Waals surface area contributed by atoms with E-state index in [0.717, 1.165) is 24.8 Å². The van der Waals surface area contributed by atoms with E-state index >= 15 is 0 Å². The van der Waals surface area contributed by atoms with Gasteiger partial charge in [-0.25, -0.2) is 0 Å². The van der Waals surface area contributed by atoms with Crippen LogP contribution in [0.25, 0.3) is 0 Å². The number of aliphatic hydroxyl groups is 1. The normalized spacial score (nSPS) is 29.0. The highest BCUT2D eigenvalue weighted by atomic mass is 32.2. The number of fused-ring (bicyclic) bond motifs is 1. The van der Waals surface area contributed by atoms with E-state index in [4.69, 9.17) is 4.74 Å². The number of amides is 2. The van der Waals surface area contributed by atoms with Gasteiger partial charge in [-0.1, -0.05) is 55.8 Å². The summed E-state index contributed by atoms with van der Waals surface area (Å²) in [7, 11) is 0. The SMILES string of the molecule is C=CCCOC(=O)[C@@H]1[C@H]2C(=O)N([C@H](CO)c3ccccc3)C(C(=O)N(CC=C)C(C)CCC)C23CC[C@H]1S3. The summed E-state index contributed by atoms with van der Waals surface area (Å²) in [6, 6.07) is 7.82. The van der Waals surface area contributed by atoms with Crippen molar-refractivity contribution in [3.05, 3.63) is 61.2 Å². The highest BCUT2D eigenvalue weighted by Gasteiger charge is 2.75. The number of esters is 1. The van der Waals surface area contributed by atoms with Crippen LogP contribution in [-0.4, -0.2) is 74.5 Å². The molecule has 0 aromatic heterocycles. The Bertz CT molecular complexity index is 1050. The highest BCUT2D eigenvalue weighted by molar-refractivity contribution is 8.02. The fraction of sp³-hybridized carbons (Fsp3) is 0.567. The van der Waals surface area contributed by atoms with Crippen LogP contribution in [0.3, 0.4) is 0 Å². The lowest BCUT2D eigenvalue weighted by atomic mass is 9.71. The minimum atomic E-state index is -0.794. The van der Waals surface area contributed by atoms with Crippen molar-refractivity contribution >= 4 is 29.5 Å². The number of hydrogen-bond acceptors (Lipinski definition) is 6. The lowest BCUT2D eigenvalue weighted by molar-refractivity contribution is -0.154. The molecule has 2 bridgehead atoms. The number of carbonyl (C=O) groups excluding carboxylic acids is 3. The molecule has 0 radical (unpaired) electrons. The monoisotopic (exact) mass is 540 g/mol. The van der Waals surface area contributed by atoms with Crippen molar-refractivity contribution in [3.63, 3.8) is 0 Å². The number of carbonyl (C=O) groups is 3. The largest absolute Gasteiger partial charge is 0.465 e. The van der Waals surface area contributed by atoms with E-state index in [1.807, 2.05) is 42.2 Å². The molecule has 3 heterocycles. The molecule has 4 rings (SSSR count). The molecule has 3 aliphatic rings. The zero-order chi connectivity index (χ0) is 27.4. The third kappa shape index (κ3) is 4.81. The van der Waals surface area contributed by atoms with Crippen LogP contribution in [0.4, 0.5) is 0 Å². The van der Waals surface area contributed by atoms with E-state index < -0.39 is 28.7 Å². The molecule has 8 heteroatoms. The van der Waals surface area contributed by atoms with E-state index in [0.29, 0.717) is 19.4 Å². The van der Waals surface area contributed by atoms with E-state index in [2.05, 4.69) is 20.1 Å². The van der Waals surface area contributed by atoms with Gasteiger partial charge in [0.2, 0.25) is 11.8 Å². The molecule has 206 valence electrons. The molecule has 0 aliphatic carbocycles. The van der Waals surface area contributed by atoms with Gasteiger partial charge >= 0.3 is 5.97 Å². The fourth-order valence-electron chi connectivity index (χ4n) is 6.70. The summed E-state index contributed by atoms with van der Waals surface area (Å²) in [5.74, 6) is -2.03. The number of benzene rings is 1. The van der Waals surface area contributed by atoms with Crippen molar-refractivity contribution in [3.8, 4) is 0 Å². The first-order valence-corrected chi connectivity index (χ1v) is 14.6. The Hall–Kier alpha value is -2.58. The summed E-state index contributed by atoms with van der Waals surface area (Å²) in [5.41, 5.74) is 0.763. The molecular weight excluding hydrogens is 500 g/mol. The van der Waals surface area contributed by atoms with Crippen LogP contribution in [0.5, 0.6) is 0 Å². The maximum atomic E-state index is 14.5. The van der Waals surface area contributed by atoms with E-state index in [1.54, 1.807) is 28.8 Å². The topological polar surface area (TPSA) is 87.1 Å². The van der Waals surface area contributed by atoms with Gasteiger partial charge in [0.1, 0.15) is 6.04 Å². The predicted octanol–water partition coefficient (Wildman–Crippen LogP) is 4.13. The summed E-state index contributed by atoms with van der Waals surface area (Å²) in [6.07, 6.45) is 7.11. The molecule has 7 atom stereocenters. The standard InChI is InChI=1S/C30H40N2O5S/c1-5-8-18-37-29(36)24-23-15-16-30(38-23)25(24)27(34)32(22(19-33)21-13-10-9-11-14-21)26(30)28(35)31(17-7-3)20(4)12-6-2/h5,7,9-11,13-14,20,22-26,33H,1,3,6,8,12,15-19H2,2,4H3/t20?,22-,23-,24+,25+,26?,30?/m1/s1. The van der Waals surface area contributed by atoms with Gasteiger partial charge in [-0.05, 0) is 38.2 Å². The summed E-state index contributed by atoms with van der Waals surface area (Å²) < 4.78 is 4.84. The highest BCUT2D eigenvalue weighted by Crippen LogP contribution is 2.67. The number of thioether (sulfide) groups is 1. The predicted molar refractivity (Wildman–Crippen MR) is 149 cm³/mol. The molecular formula is C30H40N2O5S. The zero-order valence-electron chi connectivity index (χ0n) is 22.5. The Morgan fingerprint density at radius 1 is 1.29 bits per heavy atom. The molecule has 1 spiro atoms. The van der Waals surface area contributed by atoms with E-state index in [1.165, 1.54) is 0 Å². The van der Waals surface area contributed by atoms with Crippen molar-refractivity contribution in [2.24, 2.45) is 11.8 Å². The van der Waals surface area contributed by atoms with Crippen LogP contribution in [-0.2, 0) is 19.1 Å². The number of nitrogens with zero attached hydrogens (tertiary/aromatic N) is 2. The first-order chi connectivity index (χ1) is 18.4.